The summed E-state index contributed by atoms with van der Waals surface area (Å²) in [6, 6.07) is 0. The predicted molar refractivity (Wildman–Crippen MR) is 83.7 cm³/mol. The fraction of sp³-hybridized carbons (Fsp3) is 0.800. The molecule has 1 fully saturated rings. The standard InChI is InChI=1S/C15H27N3O5/c1-5-6-9-22-13(21)18-8-7-15(10-18,11(16)19)17-12(20)23-14(2,3)4/h5-10H2,1-4H3,(H2,16,19)(H,17,20). The van der Waals surface area contributed by atoms with E-state index in [9.17, 15) is 14.4 Å². The summed E-state index contributed by atoms with van der Waals surface area (Å²) >= 11 is 0. The zero-order valence-corrected chi connectivity index (χ0v) is 14.3. The summed E-state index contributed by atoms with van der Waals surface area (Å²) in [5.74, 6) is -0.702. The molecule has 132 valence electrons. The van der Waals surface area contributed by atoms with Gasteiger partial charge in [-0.2, -0.15) is 0 Å². The fourth-order valence-corrected chi connectivity index (χ4v) is 2.22. The van der Waals surface area contributed by atoms with Crippen LogP contribution in [0.2, 0.25) is 0 Å². The van der Waals surface area contributed by atoms with Gasteiger partial charge < -0.3 is 25.4 Å². The van der Waals surface area contributed by atoms with Crippen LogP contribution in [0.15, 0.2) is 0 Å². The smallest absolute Gasteiger partial charge is 0.409 e. The van der Waals surface area contributed by atoms with Crippen LogP contribution < -0.4 is 11.1 Å². The average Bonchev–Trinajstić information content (AvgIpc) is 2.82. The maximum atomic E-state index is 12.0. The minimum Gasteiger partial charge on any atom is -0.449 e. The number of hydrogen-bond acceptors (Lipinski definition) is 5. The summed E-state index contributed by atoms with van der Waals surface area (Å²) in [4.78, 5) is 37.1. The Morgan fingerprint density at radius 1 is 1.30 bits per heavy atom. The summed E-state index contributed by atoms with van der Waals surface area (Å²) in [5, 5.41) is 2.52. The van der Waals surface area contributed by atoms with Crippen molar-refractivity contribution >= 4 is 18.1 Å². The van der Waals surface area contributed by atoms with E-state index in [-0.39, 0.29) is 19.5 Å². The molecule has 23 heavy (non-hydrogen) atoms. The number of hydrogen-bond donors (Lipinski definition) is 2. The minimum atomic E-state index is -1.33. The van der Waals surface area contributed by atoms with Crippen LogP contribution in [0.1, 0.15) is 47.0 Å². The largest absolute Gasteiger partial charge is 0.449 e. The van der Waals surface area contributed by atoms with Crippen LogP contribution in [-0.2, 0) is 14.3 Å². The van der Waals surface area contributed by atoms with Crippen LogP contribution in [0.25, 0.3) is 0 Å². The van der Waals surface area contributed by atoms with E-state index < -0.39 is 29.2 Å². The number of ether oxygens (including phenoxy) is 2. The van der Waals surface area contributed by atoms with Crippen LogP contribution in [-0.4, -0.2) is 53.8 Å². The molecule has 0 spiro atoms. The molecule has 1 heterocycles. The molecule has 0 radical (unpaired) electrons. The van der Waals surface area contributed by atoms with Crippen LogP contribution in [0.3, 0.4) is 0 Å². The summed E-state index contributed by atoms with van der Waals surface area (Å²) in [7, 11) is 0. The Morgan fingerprint density at radius 3 is 2.48 bits per heavy atom. The molecule has 0 saturated carbocycles. The summed E-state index contributed by atoms with van der Waals surface area (Å²) in [6.07, 6.45) is 0.671. The number of primary amides is 1. The van der Waals surface area contributed by atoms with Gasteiger partial charge in [0, 0.05) is 6.54 Å². The zero-order chi connectivity index (χ0) is 17.7. The lowest BCUT2D eigenvalue weighted by atomic mass is 9.98. The van der Waals surface area contributed by atoms with Gasteiger partial charge >= 0.3 is 12.2 Å². The number of carbonyl (C=O) groups excluding carboxylic acids is 3. The van der Waals surface area contributed by atoms with Crippen molar-refractivity contribution in [1.29, 1.82) is 0 Å². The first-order valence-corrected chi connectivity index (χ1v) is 7.82. The molecule has 3 amide bonds. The number of amides is 3. The maximum Gasteiger partial charge on any atom is 0.409 e. The second-order valence-corrected chi connectivity index (χ2v) is 6.71. The maximum absolute atomic E-state index is 12.0. The van der Waals surface area contributed by atoms with Crippen molar-refractivity contribution in [2.45, 2.75) is 58.1 Å². The van der Waals surface area contributed by atoms with Crippen LogP contribution in [0.5, 0.6) is 0 Å². The molecule has 8 heteroatoms. The molecule has 1 rings (SSSR count). The molecule has 0 aliphatic carbocycles. The van der Waals surface area contributed by atoms with Crippen LogP contribution in [0, 0.1) is 0 Å². The Balaban J connectivity index is 2.68. The Hall–Kier alpha value is -1.99. The van der Waals surface area contributed by atoms with Crippen LogP contribution >= 0.6 is 0 Å². The molecular weight excluding hydrogens is 302 g/mol. The number of unbranched alkanes of at least 4 members (excludes halogenated alkanes) is 1. The number of likely N-dealkylation sites (tertiary alicyclic amines) is 1. The van der Waals surface area contributed by atoms with Gasteiger partial charge in [-0.05, 0) is 33.6 Å². The van der Waals surface area contributed by atoms with E-state index in [1.54, 1.807) is 20.8 Å². The Labute approximate surface area is 136 Å². The summed E-state index contributed by atoms with van der Waals surface area (Å²) in [5.41, 5.74) is 3.42. The second kappa shape index (κ2) is 7.52. The molecule has 1 aliphatic rings. The zero-order valence-electron chi connectivity index (χ0n) is 14.3. The quantitative estimate of drug-likeness (QED) is 0.740. The van der Waals surface area contributed by atoms with E-state index in [0.29, 0.717) is 6.61 Å². The predicted octanol–water partition coefficient (Wildman–Crippen LogP) is 1.38. The highest BCUT2D eigenvalue weighted by Crippen LogP contribution is 2.23. The topological polar surface area (TPSA) is 111 Å². The van der Waals surface area contributed by atoms with Crippen molar-refractivity contribution in [2.75, 3.05) is 19.7 Å². The highest BCUT2D eigenvalue weighted by Gasteiger charge is 2.47. The Morgan fingerprint density at radius 2 is 1.96 bits per heavy atom. The molecule has 0 bridgehead atoms. The fourth-order valence-electron chi connectivity index (χ4n) is 2.22. The van der Waals surface area contributed by atoms with Crippen molar-refractivity contribution in [1.82, 2.24) is 10.2 Å². The van der Waals surface area contributed by atoms with Gasteiger partial charge in [0.05, 0.1) is 13.2 Å². The normalized spacial score (nSPS) is 21.0. The lowest BCUT2D eigenvalue weighted by Crippen LogP contribution is -2.60. The van der Waals surface area contributed by atoms with Crippen molar-refractivity contribution in [3.8, 4) is 0 Å². The van der Waals surface area contributed by atoms with Gasteiger partial charge in [-0.1, -0.05) is 13.3 Å². The molecule has 1 unspecified atom stereocenters. The lowest BCUT2D eigenvalue weighted by molar-refractivity contribution is -0.124. The van der Waals surface area contributed by atoms with Gasteiger partial charge in [-0.3, -0.25) is 4.79 Å². The first-order valence-electron chi connectivity index (χ1n) is 7.82. The number of nitrogens with zero attached hydrogens (tertiary/aromatic N) is 1. The third-order valence-corrected chi connectivity index (χ3v) is 3.46. The van der Waals surface area contributed by atoms with Crippen molar-refractivity contribution in [2.24, 2.45) is 5.73 Å². The van der Waals surface area contributed by atoms with E-state index in [1.165, 1.54) is 4.90 Å². The molecule has 0 aromatic heterocycles. The number of alkyl carbamates (subject to hydrolysis) is 1. The van der Waals surface area contributed by atoms with Gasteiger partial charge in [-0.25, -0.2) is 9.59 Å². The average molecular weight is 329 g/mol. The molecule has 3 N–H and O–H groups in total. The monoisotopic (exact) mass is 329 g/mol. The summed E-state index contributed by atoms with van der Waals surface area (Å²) < 4.78 is 10.3. The molecule has 0 aromatic rings. The first kappa shape index (κ1) is 19.1. The van der Waals surface area contributed by atoms with Crippen LogP contribution in [0.4, 0.5) is 9.59 Å². The number of carbonyl (C=O) groups is 3. The van der Waals surface area contributed by atoms with E-state index in [2.05, 4.69) is 5.32 Å². The first-order chi connectivity index (χ1) is 10.6. The van der Waals surface area contributed by atoms with Gasteiger partial charge in [0.1, 0.15) is 11.1 Å². The van der Waals surface area contributed by atoms with Gasteiger partial charge in [-0.15, -0.1) is 0 Å². The van der Waals surface area contributed by atoms with Gasteiger partial charge in [0.25, 0.3) is 0 Å². The molecule has 1 atom stereocenters. The lowest BCUT2D eigenvalue weighted by Gasteiger charge is -2.29. The molecule has 1 saturated heterocycles. The van der Waals surface area contributed by atoms with Crippen molar-refractivity contribution in [3.05, 3.63) is 0 Å². The molecular formula is C15H27N3O5. The van der Waals surface area contributed by atoms with Crippen molar-refractivity contribution in [3.63, 3.8) is 0 Å². The van der Waals surface area contributed by atoms with E-state index in [0.717, 1.165) is 12.8 Å². The Kier molecular flexibility index (Phi) is 6.23. The third-order valence-electron chi connectivity index (χ3n) is 3.46. The highest BCUT2D eigenvalue weighted by molar-refractivity contribution is 5.90. The van der Waals surface area contributed by atoms with E-state index >= 15 is 0 Å². The summed E-state index contributed by atoms with van der Waals surface area (Å²) in [6.45, 7) is 7.73. The molecule has 1 aliphatic heterocycles. The number of nitrogens with one attached hydrogen (secondary N) is 1. The Bertz CT molecular complexity index is 461. The van der Waals surface area contributed by atoms with Gasteiger partial charge in [0.15, 0.2) is 0 Å². The third kappa shape index (κ3) is 5.61. The number of nitrogens with two attached hydrogens (primary N) is 1. The van der Waals surface area contributed by atoms with E-state index in [4.69, 9.17) is 15.2 Å². The highest BCUT2D eigenvalue weighted by atomic mass is 16.6. The van der Waals surface area contributed by atoms with E-state index in [1.807, 2.05) is 6.92 Å². The number of rotatable bonds is 5. The molecule has 8 nitrogen and oxygen atoms in total. The molecule has 0 aromatic carbocycles. The minimum absolute atomic E-state index is 0.0213. The van der Waals surface area contributed by atoms with Gasteiger partial charge in [0.2, 0.25) is 5.91 Å². The SMILES string of the molecule is CCCCOC(=O)N1CCC(NC(=O)OC(C)(C)C)(C(N)=O)C1. The second-order valence-electron chi connectivity index (χ2n) is 6.71. The van der Waals surface area contributed by atoms with Crippen molar-refractivity contribution < 1.29 is 23.9 Å².